The third kappa shape index (κ3) is 4.72. The number of unbranched alkanes of at least 4 members (excludes halogenated alkanes) is 2. The van der Waals surface area contributed by atoms with E-state index in [1.54, 1.807) is 18.2 Å². The fraction of sp³-hybridized carbons (Fsp3) is 0.357. The summed E-state index contributed by atoms with van der Waals surface area (Å²) >= 11 is 0. The molecule has 0 spiro atoms. The fourth-order valence-corrected chi connectivity index (χ4v) is 1.36. The van der Waals surface area contributed by atoms with Gasteiger partial charge in [-0.2, -0.15) is 0 Å². The zero-order valence-corrected chi connectivity index (χ0v) is 10.1. The molecule has 0 aliphatic heterocycles. The molecule has 0 unspecified atom stereocenters. The number of hydrogen-bond acceptors (Lipinski definition) is 3. The number of phenols is 1. The minimum Gasteiger partial charge on any atom is -0.507 e. The molecule has 0 saturated carbocycles. The van der Waals surface area contributed by atoms with Gasteiger partial charge in [0, 0.05) is 0 Å². The molecule has 1 aromatic rings. The predicted molar refractivity (Wildman–Crippen MR) is 67.1 cm³/mol. The van der Waals surface area contributed by atoms with Gasteiger partial charge >= 0.3 is 5.97 Å². The molecular weight excluding hydrogens is 216 g/mol. The van der Waals surface area contributed by atoms with Crippen LogP contribution in [0.5, 0.6) is 5.75 Å². The highest BCUT2D eigenvalue weighted by atomic mass is 16.5. The number of allylic oxidation sites excluding steroid dienone is 1. The molecule has 92 valence electrons. The Hall–Kier alpha value is -1.77. The molecule has 0 saturated heterocycles. The first-order valence-electron chi connectivity index (χ1n) is 5.85. The lowest BCUT2D eigenvalue weighted by Crippen LogP contribution is -2.05. The Bertz CT molecular complexity index is 383. The molecule has 0 radical (unpaired) electrons. The highest BCUT2D eigenvalue weighted by molar-refractivity contribution is 5.92. The summed E-state index contributed by atoms with van der Waals surface area (Å²) in [6, 6.07) is 6.36. The number of ether oxygens (including phenoxy) is 1. The third-order valence-corrected chi connectivity index (χ3v) is 2.33. The molecule has 3 heteroatoms. The van der Waals surface area contributed by atoms with Crippen LogP contribution in [-0.2, 0) is 4.74 Å². The molecule has 0 amide bonds. The summed E-state index contributed by atoms with van der Waals surface area (Å²) in [5, 5.41) is 9.43. The smallest absolute Gasteiger partial charge is 0.342 e. The average Bonchev–Trinajstić information content (AvgIpc) is 2.34. The molecule has 3 nitrogen and oxygen atoms in total. The van der Waals surface area contributed by atoms with Gasteiger partial charge in [-0.15, -0.1) is 0 Å². The second-order valence-corrected chi connectivity index (χ2v) is 3.73. The van der Waals surface area contributed by atoms with Gasteiger partial charge < -0.3 is 9.84 Å². The molecule has 1 rings (SSSR count). The van der Waals surface area contributed by atoms with E-state index in [9.17, 15) is 9.90 Å². The van der Waals surface area contributed by atoms with E-state index in [1.165, 1.54) is 6.07 Å². The average molecular weight is 234 g/mol. The van der Waals surface area contributed by atoms with Gasteiger partial charge in [-0.3, -0.25) is 0 Å². The van der Waals surface area contributed by atoms with E-state index in [0.29, 0.717) is 0 Å². The van der Waals surface area contributed by atoms with E-state index in [-0.39, 0.29) is 17.9 Å². The normalized spacial score (nSPS) is 10.6. The van der Waals surface area contributed by atoms with Crippen LogP contribution in [0.25, 0.3) is 0 Å². The molecule has 0 atom stereocenters. The molecule has 1 aromatic carbocycles. The van der Waals surface area contributed by atoms with E-state index in [4.69, 9.17) is 4.74 Å². The first-order valence-corrected chi connectivity index (χ1v) is 5.85. The largest absolute Gasteiger partial charge is 0.507 e. The van der Waals surface area contributed by atoms with E-state index < -0.39 is 5.97 Å². The number of rotatable bonds is 6. The zero-order chi connectivity index (χ0) is 12.5. The molecule has 0 bridgehead atoms. The summed E-state index contributed by atoms with van der Waals surface area (Å²) < 4.78 is 5.00. The van der Waals surface area contributed by atoms with Gasteiger partial charge in [0.2, 0.25) is 0 Å². The Labute approximate surface area is 102 Å². The lowest BCUT2D eigenvalue weighted by Gasteiger charge is -2.03. The number of aromatic hydroxyl groups is 1. The van der Waals surface area contributed by atoms with Crippen molar-refractivity contribution in [2.45, 2.75) is 26.2 Å². The summed E-state index contributed by atoms with van der Waals surface area (Å²) in [4.78, 5) is 11.5. The van der Waals surface area contributed by atoms with Crippen molar-refractivity contribution in [1.29, 1.82) is 0 Å². The predicted octanol–water partition coefficient (Wildman–Crippen LogP) is 3.30. The molecule has 0 aromatic heterocycles. The van der Waals surface area contributed by atoms with Crippen LogP contribution in [0.1, 0.15) is 36.5 Å². The van der Waals surface area contributed by atoms with Gasteiger partial charge in [0.15, 0.2) is 0 Å². The van der Waals surface area contributed by atoms with Crippen LogP contribution in [0.15, 0.2) is 36.4 Å². The molecule has 0 aliphatic carbocycles. The Morgan fingerprint density at radius 3 is 2.82 bits per heavy atom. The van der Waals surface area contributed by atoms with Crippen molar-refractivity contribution in [3.63, 3.8) is 0 Å². The van der Waals surface area contributed by atoms with Crippen LogP contribution >= 0.6 is 0 Å². The summed E-state index contributed by atoms with van der Waals surface area (Å²) in [5.74, 6) is -0.546. The van der Waals surface area contributed by atoms with E-state index in [2.05, 4.69) is 6.92 Å². The van der Waals surface area contributed by atoms with Crippen LogP contribution in [0.4, 0.5) is 0 Å². The second kappa shape index (κ2) is 7.49. The van der Waals surface area contributed by atoms with Crippen molar-refractivity contribution in [2.24, 2.45) is 0 Å². The standard InChI is InChI=1S/C14H18O3/c1-2-3-4-5-8-11-17-14(16)12-9-6-7-10-13(12)15/h5-10,15H,2-4,11H2,1H3. The van der Waals surface area contributed by atoms with E-state index in [1.807, 2.05) is 12.2 Å². The lowest BCUT2D eigenvalue weighted by atomic mass is 10.2. The molecule has 1 N–H and O–H groups in total. The molecule has 0 heterocycles. The minimum atomic E-state index is -0.497. The number of hydrogen-bond donors (Lipinski definition) is 1. The maximum atomic E-state index is 11.5. The second-order valence-electron chi connectivity index (χ2n) is 3.73. The van der Waals surface area contributed by atoms with Gasteiger partial charge in [0.05, 0.1) is 0 Å². The van der Waals surface area contributed by atoms with Gasteiger partial charge in [-0.1, -0.05) is 44.1 Å². The lowest BCUT2D eigenvalue weighted by molar-refractivity contribution is 0.0546. The van der Waals surface area contributed by atoms with Crippen LogP contribution in [0.3, 0.4) is 0 Å². The van der Waals surface area contributed by atoms with Gasteiger partial charge in [0.25, 0.3) is 0 Å². The maximum absolute atomic E-state index is 11.5. The van der Waals surface area contributed by atoms with E-state index >= 15 is 0 Å². The molecule has 0 aliphatic rings. The minimum absolute atomic E-state index is 0.0486. The SMILES string of the molecule is CCCCC=CCOC(=O)c1ccccc1O. The number of para-hydroxylation sites is 1. The number of esters is 1. The first kappa shape index (κ1) is 13.3. The topological polar surface area (TPSA) is 46.5 Å². The van der Waals surface area contributed by atoms with Crippen molar-refractivity contribution in [3.8, 4) is 5.75 Å². The third-order valence-electron chi connectivity index (χ3n) is 2.33. The number of phenolic OH excluding ortho intramolecular Hbond substituents is 1. The summed E-state index contributed by atoms with van der Waals surface area (Å²) in [6.07, 6.45) is 7.13. The van der Waals surface area contributed by atoms with Gasteiger partial charge in [-0.05, 0) is 18.6 Å². The maximum Gasteiger partial charge on any atom is 0.342 e. The van der Waals surface area contributed by atoms with E-state index in [0.717, 1.165) is 19.3 Å². The quantitative estimate of drug-likeness (QED) is 0.466. The molecule has 17 heavy (non-hydrogen) atoms. The van der Waals surface area contributed by atoms with Crippen LogP contribution in [-0.4, -0.2) is 17.7 Å². The van der Waals surface area contributed by atoms with Crippen molar-refractivity contribution in [1.82, 2.24) is 0 Å². The summed E-state index contributed by atoms with van der Waals surface area (Å²) in [6.45, 7) is 2.38. The molecule has 0 fully saturated rings. The van der Waals surface area contributed by atoms with Crippen LogP contribution < -0.4 is 0 Å². The Morgan fingerprint density at radius 2 is 2.12 bits per heavy atom. The number of carbonyl (C=O) groups is 1. The van der Waals surface area contributed by atoms with Gasteiger partial charge in [0.1, 0.15) is 17.9 Å². The number of carbonyl (C=O) groups excluding carboxylic acids is 1. The monoisotopic (exact) mass is 234 g/mol. The van der Waals surface area contributed by atoms with Gasteiger partial charge in [-0.25, -0.2) is 4.79 Å². The fourth-order valence-electron chi connectivity index (χ4n) is 1.36. The Morgan fingerprint density at radius 1 is 1.35 bits per heavy atom. The van der Waals surface area contributed by atoms with Crippen LogP contribution in [0, 0.1) is 0 Å². The highest BCUT2D eigenvalue weighted by Gasteiger charge is 2.10. The summed E-state index contributed by atoms with van der Waals surface area (Å²) in [5.41, 5.74) is 0.203. The Kier molecular flexibility index (Phi) is 5.86. The van der Waals surface area contributed by atoms with Crippen LogP contribution in [0.2, 0.25) is 0 Å². The first-order chi connectivity index (χ1) is 8.25. The Balaban J connectivity index is 2.35. The van der Waals surface area contributed by atoms with Crippen molar-refractivity contribution in [2.75, 3.05) is 6.61 Å². The van der Waals surface area contributed by atoms with Crippen molar-refractivity contribution in [3.05, 3.63) is 42.0 Å². The van der Waals surface area contributed by atoms with Crippen molar-refractivity contribution < 1.29 is 14.6 Å². The number of benzene rings is 1. The van der Waals surface area contributed by atoms with Crippen molar-refractivity contribution >= 4 is 5.97 Å². The summed E-state index contributed by atoms with van der Waals surface area (Å²) in [7, 11) is 0. The zero-order valence-electron chi connectivity index (χ0n) is 10.1. The highest BCUT2D eigenvalue weighted by Crippen LogP contribution is 2.16. The molecular formula is C14H18O3.